The van der Waals surface area contributed by atoms with Crippen LogP contribution in [0, 0.1) is 5.82 Å². The van der Waals surface area contributed by atoms with Gasteiger partial charge in [-0.2, -0.15) is 5.10 Å². The third-order valence-electron chi connectivity index (χ3n) is 2.78. The molecule has 0 radical (unpaired) electrons. The molecule has 2 heterocycles. The molecule has 0 bridgehead atoms. The van der Waals surface area contributed by atoms with Crippen molar-refractivity contribution in [2.24, 2.45) is 5.10 Å². The second kappa shape index (κ2) is 7.51. The molecule has 0 aliphatic rings. The molecular formula is C16H11FN4O2S. The number of nitrogens with zero attached hydrogens (tertiary/aromatic N) is 3. The molecule has 3 aromatic rings. The van der Waals surface area contributed by atoms with E-state index >= 15 is 0 Å². The van der Waals surface area contributed by atoms with Gasteiger partial charge in [0.25, 0.3) is 5.91 Å². The Morgan fingerprint density at radius 2 is 2.04 bits per heavy atom. The maximum atomic E-state index is 13.1. The van der Waals surface area contributed by atoms with Crippen LogP contribution >= 0.6 is 11.8 Å². The zero-order valence-electron chi connectivity index (χ0n) is 12.2. The maximum Gasteiger partial charge on any atom is 0.271 e. The van der Waals surface area contributed by atoms with Crippen molar-refractivity contribution in [2.75, 3.05) is 0 Å². The van der Waals surface area contributed by atoms with E-state index in [1.807, 2.05) is 0 Å². The number of aromatic nitrogens is 2. The van der Waals surface area contributed by atoms with Crippen LogP contribution in [0.15, 0.2) is 74.6 Å². The monoisotopic (exact) mass is 342 g/mol. The van der Waals surface area contributed by atoms with Crippen molar-refractivity contribution in [1.82, 2.24) is 15.4 Å². The van der Waals surface area contributed by atoms with Crippen molar-refractivity contribution < 1.29 is 13.6 Å². The van der Waals surface area contributed by atoms with E-state index in [2.05, 4.69) is 20.5 Å². The van der Waals surface area contributed by atoms with Crippen LogP contribution in [0.2, 0.25) is 0 Å². The molecule has 0 saturated heterocycles. The Hall–Kier alpha value is -3.00. The van der Waals surface area contributed by atoms with Crippen molar-refractivity contribution in [3.63, 3.8) is 0 Å². The standard InChI is InChI=1S/C16H11FN4O2S/c17-12-4-1-3-11(9-12)15(22)21-20-10-13-5-6-14(23-13)24-16-18-7-2-8-19-16/h1-10H,(H,21,22)/b20-10+. The number of benzene rings is 1. The Labute approximate surface area is 140 Å². The number of hydrogen-bond donors (Lipinski definition) is 1. The van der Waals surface area contributed by atoms with E-state index in [9.17, 15) is 9.18 Å². The van der Waals surface area contributed by atoms with Crippen LogP contribution in [-0.4, -0.2) is 22.1 Å². The lowest BCUT2D eigenvalue weighted by Gasteiger charge is -1.99. The molecule has 1 aromatic carbocycles. The number of hydrogen-bond acceptors (Lipinski definition) is 6. The highest BCUT2D eigenvalue weighted by Crippen LogP contribution is 2.25. The smallest absolute Gasteiger partial charge is 0.271 e. The summed E-state index contributed by atoms with van der Waals surface area (Å²) in [5.74, 6) is -0.542. The van der Waals surface area contributed by atoms with Crippen molar-refractivity contribution in [3.05, 3.63) is 72.0 Å². The topological polar surface area (TPSA) is 80.4 Å². The summed E-state index contributed by atoms with van der Waals surface area (Å²) >= 11 is 1.27. The molecule has 0 aliphatic heterocycles. The van der Waals surface area contributed by atoms with Crippen LogP contribution in [-0.2, 0) is 0 Å². The highest BCUT2D eigenvalue weighted by molar-refractivity contribution is 7.99. The number of carbonyl (C=O) groups excluding carboxylic acids is 1. The Balaban J connectivity index is 1.58. The molecule has 2 aromatic heterocycles. The van der Waals surface area contributed by atoms with Gasteiger partial charge in [-0.3, -0.25) is 4.79 Å². The van der Waals surface area contributed by atoms with Crippen LogP contribution in [0.5, 0.6) is 0 Å². The fraction of sp³-hybridized carbons (Fsp3) is 0. The van der Waals surface area contributed by atoms with E-state index < -0.39 is 11.7 Å². The molecule has 1 amide bonds. The molecule has 0 fully saturated rings. The first-order valence-electron chi connectivity index (χ1n) is 6.84. The summed E-state index contributed by atoms with van der Waals surface area (Å²) in [5.41, 5.74) is 2.49. The molecule has 8 heteroatoms. The normalized spacial score (nSPS) is 10.9. The summed E-state index contributed by atoms with van der Waals surface area (Å²) in [4.78, 5) is 20.0. The number of nitrogens with one attached hydrogen (secondary N) is 1. The van der Waals surface area contributed by atoms with Gasteiger partial charge in [0.15, 0.2) is 10.2 Å². The van der Waals surface area contributed by atoms with Gasteiger partial charge >= 0.3 is 0 Å². The lowest BCUT2D eigenvalue weighted by molar-refractivity contribution is 0.0954. The van der Waals surface area contributed by atoms with E-state index in [4.69, 9.17) is 4.42 Å². The molecule has 24 heavy (non-hydrogen) atoms. The third-order valence-corrected chi connectivity index (χ3v) is 3.59. The fourth-order valence-electron chi connectivity index (χ4n) is 1.74. The highest BCUT2D eigenvalue weighted by Gasteiger charge is 2.06. The van der Waals surface area contributed by atoms with E-state index in [0.29, 0.717) is 16.0 Å². The maximum absolute atomic E-state index is 13.1. The second-order valence-corrected chi connectivity index (χ2v) is 5.47. The summed E-state index contributed by atoms with van der Waals surface area (Å²) < 4.78 is 18.6. The largest absolute Gasteiger partial charge is 0.448 e. The number of hydrazone groups is 1. The van der Waals surface area contributed by atoms with Crippen molar-refractivity contribution in [2.45, 2.75) is 10.2 Å². The molecule has 1 N–H and O–H groups in total. The van der Waals surface area contributed by atoms with Crippen LogP contribution in [0.1, 0.15) is 16.1 Å². The highest BCUT2D eigenvalue weighted by atomic mass is 32.2. The molecule has 0 saturated carbocycles. The predicted molar refractivity (Wildman–Crippen MR) is 86.3 cm³/mol. The summed E-state index contributed by atoms with van der Waals surface area (Å²) in [6.07, 6.45) is 4.64. The number of rotatable bonds is 5. The van der Waals surface area contributed by atoms with Crippen LogP contribution in [0.25, 0.3) is 0 Å². The first-order chi connectivity index (χ1) is 11.7. The van der Waals surface area contributed by atoms with Crippen LogP contribution in [0.3, 0.4) is 0 Å². The molecule has 0 aliphatic carbocycles. The van der Waals surface area contributed by atoms with Gasteiger partial charge in [0.05, 0.1) is 6.21 Å². The zero-order valence-corrected chi connectivity index (χ0v) is 13.0. The van der Waals surface area contributed by atoms with Gasteiger partial charge in [0, 0.05) is 18.0 Å². The van der Waals surface area contributed by atoms with Crippen LogP contribution < -0.4 is 5.43 Å². The quantitative estimate of drug-likeness (QED) is 0.438. The van der Waals surface area contributed by atoms with Gasteiger partial charge in [-0.15, -0.1) is 0 Å². The SMILES string of the molecule is O=C(N/N=C/c1ccc(Sc2ncccn2)o1)c1cccc(F)c1. The summed E-state index contributed by atoms with van der Waals surface area (Å²) in [7, 11) is 0. The van der Waals surface area contributed by atoms with Gasteiger partial charge in [-0.1, -0.05) is 6.07 Å². The first-order valence-corrected chi connectivity index (χ1v) is 7.66. The van der Waals surface area contributed by atoms with E-state index in [0.717, 1.165) is 6.07 Å². The van der Waals surface area contributed by atoms with Crippen LogP contribution in [0.4, 0.5) is 4.39 Å². The number of amides is 1. The van der Waals surface area contributed by atoms with E-state index in [-0.39, 0.29) is 5.56 Å². The van der Waals surface area contributed by atoms with Crippen molar-refractivity contribution >= 4 is 23.9 Å². The molecule has 120 valence electrons. The molecule has 0 atom stereocenters. The average Bonchev–Trinajstić information content (AvgIpc) is 3.03. The lowest BCUT2D eigenvalue weighted by atomic mass is 10.2. The molecular weight excluding hydrogens is 331 g/mol. The minimum absolute atomic E-state index is 0.184. The Morgan fingerprint density at radius 1 is 1.21 bits per heavy atom. The second-order valence-electron chi connectivity index (χ2n) is 4.50. The fourth-order valence-corrected chi connectivity index (χ4v) is 2.42. The van der Waals surface area contributed by atoms with E-state index in [1.54, 1.807) is 30.6 Å². The van der Waals surface area contributed by atoms with Crippen molar-refractivity contribution in [1.29, 1.82) is 0 Å². The van der Waals surface area contributed by atoms with Crippen molar-refractivity contribution in [3.8, 4) is 0 Å². The summed E-state index contributed by atoms with van der Waals surface area (Å²) in [6, 6.07) is 10.5. The number of furan rings is 1. The number of halogens is 1. The average molecular weight is 342 g/mol. The van der Waals surface area contributed by atoms with Gasteiger partial charge < -0.3 is 4.42 Å². The Kier molecular flexibility index (Phi) is 4.97. The molecule has 3 rings (SSSR count). The van der Waals surface area contributed by atoms with E-state index in [1.165, 1.54) is 36.2 Å². The minimum atomic E-state index is -0.510. The predicted octanol–water partition coefficient (Wildman–Crippen LogP) is 3.12. The molecule has 0 unspecified atom stereocenters. The Morgan fingerprint density at radius 3 is 2.83 bits per heavy atom. The first kappa shape index (κ1) is 15.9. The number of carbonyl (C=O) groups is 1. The van der Waals surface area contributed by atoms with Gasteiger partial charge in [-0.05, 0) is 48.2 Å². The Bertz CT molecular complexity index is 867. The molecule has 6 nitrogen and oxygen atoms in total. The lowest BCUT2D eigenvalue weighted by Crippen LogP contribution is -2.17. The van der Waals surface area contributed by atoms with Gasteiger partial charge in [-0.25, -0.2) is 19.8 Å². The van der Waals surface area contributed by atoms with Gasteiger partial charge in [0.1, 0.15) is 11.6 Å². The zero-order chi connectivity index (χ0) is 16.8. The minimum Gasteiger partial charge on any atom is -0.448 e. The van der Waals surface area contributed by atoms with Gasteiger partial charge in [0.2, 0.25) is 0 Å². The molecule has 0 spiro atoms. The summed E-state index contributed by atoms with van der Waals surface area (Å²) in [5, 5.41) is 4.95. The third kappa shape index (κ3) is 4.26. The summed E-state index contributed by atoms with van der Waals surface area (Å²) in [6.45, 7) is 0.